The van der Waals surface area contributed by atoms with E-state index in [1.165, 1.54) is 10.8 Å². The molecule has 3 heterocycles. The van der Waals surface area contributed by atoms with E-state index in [2.05, 4.69) is 135 Å². The molecule has 5 nitrogen and oxygen atoms in total. The summed E-state index contributed by atoms with van der Waals surface area (Å²) in [6.07, 6.45) is 0. The first kappa shape index (κ1) is 27.1. The van der Waals surface area contributed by atoms with Gasteiger partial charge in [-0.25, -0.2) is 0 Å². The molecule has 0 amide bonds. The van der Waals surface area contributed by atoms with Crippen molar-refractivity contribution in [3.05, 3.63) is 163 Å². The Labute approximate surface area is 280 Å². The average Bonchev–Trinajstić information content (AvgIpc) is 3.80. The van der Waals surface area contributed by atoms with Gasteiger partial charge in [-0.1, -0.05) is 60.7 Å². The first-order valence-corrected chi connectivity index (χ1v) is 16.2. The van der Waals surface area contributed by atoms with Crippen LogP contribution in [0.3, 0.4) is 0 Å². The smallest absolute Gasteiger partial charge is 0.0991 e. The van der Waals surface area contributed by atoms with Gasteiger partial charge in [0.1, 0.15) is 0 Å². The lowest BCUT2D eigenvalue weighted by Crippen LogP contribution is -1.98. The van der Waals surface area contributed by atoms with Crippen molar-refractivity contribution in [3.8, 4) is 29.2 Å². The van der Waals surface area contributed by atoms with Crippen LogP contribution in [0.25, 0.3) is 82.5 Å². The first-order valence-electron chi connectivity index (χ1n) is 16.2. The Morgan fingerprint density at radius 1 is 0.327 bits per heavy atom. The molecule has 0 aliphatic carbocycles. The summed E-state index contributed by atoms with van der Waals surface area (Å²) in [5.74, 6) is 0. The summed E-state index contributed by atoms with van der Waals surface area (Å²) in [6, 6.07) is 57.1. The minimum Gasteiger partial charge on any atom is -0.309 e. The summed E-state index contributed by atoms with van der Waals surface area (Å²) in [5, 5.41) is 26.3. The summed E-state index contributed by atoms with van der Waals surface area (Å²) in [5.41, 5.74) is 10.9. The van der Waals surface area contributed by atoms with Gasteiger partial charge in [0, 0.05) is 49.4 Å². The minimum absolute atomic E-state index is 0.631. The number of hydrogen-bond acceptors (Lipinski definition) is 2. The molecule has 10 rings (SSSR count). The van der Waals surface area contributed by atoms with Gasteiger partial charge in [0.15, 0.2) is 0 Å². The third-order valence-electron chi connectivity index (χ3n) is 9.86. The molecule has 10 aromatic rings. The molecule has 49 heavy (non-hydrogen) atoms. The van der Waals surface area contributed by atoms with Crippen LogP contribution in [0.15, 0.2) is 152 Å². The normalized spacial score (nSPS) is 11.6. The second-order valence-corrected chi connectivity index (χ2v) is 12.4. The molecule has 3 aromatic heterocycles. The highest BCUT2D eigenvalue weighted by Gasteiger charge is 2.21. The molecule has 226 valence electrons. The standard InChI is InChI=1S/C44H25N5/c45-26-28-17-19-39-35(23-28)33-13-4-6-15-37(33)48(39)31-11-8-12-32(25-31)49-40-20-18-29(27-46)24-36(40)44-42(49)22-21-41-43(44)34-14-5-7-16-38(34)47(41)30-9-2-1-3-10-30/h1-25H. The van der Waals surface area contributed by atoms with Gasteiger partial charge >= 0.3 is 0 Å². The highest BCUT2D eigenvalue weighted by Crippen LogP contribution is 2.43. The van der Waals surface area contributed by atoms with Crippen molar-refractivity contribution in [2.45, 2.75) is 0 Å². The van der Waals surface area contributed by atoms with Crippen LogP contribution in [0.2, 0.25) is 0 Å². The zero-order valence-corrected chi connectivity index (χ0v) is 26.2. The molecule has 0 bridgehead atoms. The van der Waals surface area contributed by atoms with Crippen molar-refractivity contribution < 1.29 is 0 Å². The van der Waals surface area contributed by atoms with E-state index < -0.39 is 0 Å². The number of benzene rings is 7. The molecule has 0 aliphatic heterocycles. The van der Waals surface area contributed by atoms with Gasteiger partial charge < -0.3 is 13.7 Å². The van der Waals surface area contributed by atoms with Crippen LogP contribution in [0.5, 0.6) is 0 Å². The van der Waals surface area contributed by atoms with E-state index in [1.54, 1.807) is 0 Å². The molecule has 0 atom stereocenters. The Kier molecular flexibility index (Phi) is 5.64. The number of rotatable bonds is 3. The fraction of sp³-hybridized carbons (Fsp3) is 0. The van der Waals surface area contributed by atoms with Crippen molar-refractivity contribution in [1.29, 1.82) is 10.5 Å². The second kappa shape index (κ2) is 10.2. The fourth-order valence-corrected chi connectivity index (χ4v) is 7.86. The molecule has 0 N–H and O–H groups in total. The van der Waals surface area contributed by atoms with Gasteiger partial charge in [-0.3, -0.25) is 0 Å². The average molecular weight is 624 g/mol. The lowest BCUT2D eigenvalue weighted by molar-refractivity contribution is 1.13. The third-order valence-corrected chi connectivity index (χ3v) is 9.86. The Morgan fingerprint density at radius 3 is 1.45 bits per heavy atom. The maximum atomic E-state index is 10.00. The molecule has 7 aromatic carbocycles. The quantitative estimate of drug-likeness (QED) is 0.197. The summed E-state index contributed by atoms with van der Waals surface area (Å²) < 4.78 is 6.94. The Bertz CT molecular complexity index is 3070. The molecule has 5 heteroatoms. The van der Waals surface area contributed by atoms with Crippen LogP contribution in [0, 0.1) is 22.7 Å². The zero-order valence-electron chi connectivity index (χ0n) is 26.2. The predicted octanol–water partition coefficient (Wildman–Crippen LogP) is 10.7. The van der Waals surface area contributed by atoms with Crippen molar-refractivity contribution >= 4 is 65.4 Å². The SMILES string of the molecule is N#Cc1ccc2c(c1)c1ccccc1n2-c1cccc(-n2c3ccc(C#N)cc3c3c4c5ccccc5n(-c5ccccc5)c4ccc32)c1. The van der Waals surface area contributed by atoms with Gasteiger partial charge in [-0.2, -0.15) is 10.5 Å². The fourth-order valence-electron chi connectivity index (χ4n) is 7.86. The van der Waals surface area contributed by atoms with Gasteiger partial charge in [0.2, 0.25) is 0 Å². The monoisotopic (exact) mass is 623 g/mol. The molecule has 0 saturated heterocycles. The van der Waals surface area contributed by atoms with E-state index >= 15 is 0 Å². The minimum atomic E-state index is 0.631. The molecular formula is C44H25N5. The van der Waals surface area contributed by atoms with Crippen LogP contribution in [0.1, 0.15) is 11.1 Å². The maximum absolute atomic E-state index is 10.00. The van der Waals surface area contributed by atoms with Gasteiger partial charge in [-0.05, 0) is 91.0 Å². The topological polar surface area (TPSA) is 62.4 Å². The van der Waals surface area contributed by atoms with E-state index in [9.17, 15) is 10.5 Å². The van der Waals surface area contributed by atoms with Crippen molar-refractivity contribution in [1.82, 2.24) is 13.7 Å². The molecular weight excluding hydrogens is 599 g/mol. The summed E-state index contributed by atoms with van der Waals surface area (Å²) >= 11 is 0. The van der Waals surface area contributed by atoms with E-state index in [1.807, 2.05) is 42.5 Å². The Hall–Kier alpha value is -7.08. The number of para-hydroxylation sites is 3. The number of nitrogens with zero attached hydrogens (tertiary/aromatic N) is 5. The van der Waals surface area contributed by atoms with E-state index in [-0.39, 0.29) is 0 Å². The lowest BCUT2D eigenvalue weighted by atomic mass is 10.0. The van der Waals surface area contributed by atoms with Crippen LogP contribution < -0.4 is 0 Å². The van der Waals surface area contributed by atoms with Gasteiger partial charge in [0.25, 0.3) is 0 Å². The largest absolute Gasteiger partial charge is 0.309 e. The Morgan fingerprint density at radius 2 is 0.776 bits per heavy atom. The van der Waals surface area contributed by atoms with Crippen LogP contribution in [0.4, 0.5) is 0 Å². The van der Waals surface area contributed by atoms with Crippen molar-refractivity contribution in [2.24, 2.45) is 0 Å². The number of hydrogen-bond donors (Lipinski definition) is 0. The molecule has 0 fully saturated rings. The number of nitriles is 2. The first-order chi connectivity index (χ1) is 24.2. The van der Waals surface area contributed by atoms with Gasteiger partial charge in [-0.15, -0.1) is 0 Å². The summed E-state index contributed by atoms with van der Waals surface area (Å²) in [4.78, 5) is 0. The highest BCUT2D eigenvalue weighted by atomic mass is 15.0. The summed E-state index contributed by atoms with van der Waals surface area (Å²) in [7, 11) is 0. The van der Waals surface area contributed by atoms with E-state index in [4.69, 9.17) is 0 Å². The molecule has 0 unspecified atom stereocenters. The number of aromatic nitrogens is 3. The highest BCUT2D eigenvalue weighted by molar-refractivity contribution is 6.29. The van der Waals surface area contributed by atoms with E-state index in [0.29, 0.717) is 11.1 Å². The second-order valence-electron chi connectivity index (χ2n) is 12.4. The maximum Gasteiger partial charge on any atom is 0.0991 e. The summed E-state index contributed by atoms with van der Waals surface area (Å²) in [6.45, 7) is 0. The van der Waals surface area contributed by atoms with Crippen molar-refractivity contribution in [2.75, 3.05) is 0 Å². The zero-order chi connectivity index (χ0) is 32.6. The van der Waals surface area contributed by atoms with Crippen molar-refractivity contribution in [3.63, 3.8) is 0 Å². The third kappa shape index (κ3) is 3.79. The van der Waals surface area contributed by atoms with E-state index in [0.717, 1.165) is 71.7 Å². The lowest BCUT2D eigenvalue weighted by Gasteiger charge is -2.13. The molecule has 0 saturated carbocycles. The van der Waals surface area contributed by atoms with Crippen LogP contribution in [-0.2, 0) is 0 Å². The molecule has 0 aliphatic rings. The molecule has 0 radical (unpaired) electrons. The number of fused-ring (bicyclic) bond motifs is 10. The van der Waals surface area contributed by atoms with Crippen LogP contribution in [-0.4, -0.2) is 13.7 Å². The van der Waals surface area contributed by atoms with Gasteiger partial charge in [0.05, 0.1) is 56.4 Å². The Balaban J connectivity index is 1.30. The predicted molar refractivity (Wildman–Crippen MR) is 199 cm³/mol. The molecule has 0 spiro atoms. The van der Waals surface area contributed by atoms with Crippen LogP contribution >= 0.6 is 0 Å².